The number of nitrogens with zero attached hydrogens (tertiary/aromatic N) is 1. The lowest BCUT2D eigenvalue weighted by atomic mass is 10.1. The number of hydrogen-bond acceptors (Lipinski definition) is 3. The number of carbonyl (C=O) groups is 1. The van der Waals surface area contributed by atoms with E-state index >= 15 is 0 Å². The van der Waals surface area contributed by atoms with Crippen LogP contribution in [0.1, 0.15) is 11.6 Å². The van der Waals surface area contributed by atoms with Crippen LogP contribution < -0.4 is 11.1 Å². The summed E-state index contributed by atoms with van der Waals surface area (Å²) in [6, 6.07) is 11.8. The van der Waals surface area contributed by atoms with E-state index in [9.17, 15) is 4.79 Å². The van der Waals surface area contributed by atoms with Gasteiger partial charge < -0.3 is 11.1 Å². The summed E-state index contributed by atoms with van der Waals surface area (Å²) in [5.41, 5.74) is 7.06. The zero-order valence-corrected chi connectivity index (χ0v) is 10.3. The number of nitrogens with two attached hydrogens (primary N) is 1. The Kier molecular flexibility index (Phi) is 3.92. The van der Waals surface area contributed by atoms with Gasteiger partial charge in [-0.25, -0.2) is 4.98 Å². The van der Waals surface area contributed by atoms with E-state index in [1.54, 1.807) is 30.5 Å². The molecule has 0 unspecified atom stereocenters. The lowest BCUT2D eigenvalue weighted by Gasteiger charge is -2.12. The number of pyridine rings is 1. The van der Waals surface area contributed by atoms with Crippen molar-refractivity contribution < 1.29 is 4.79 Å². The molecule has 0 saturated carbocycles. The van der Waals surface area contributed by atoms with Crippen molar-refractivity contribution in [2.24, 2.45) is 5.73 Å². The highest BCUT2D eigenvalue weighted by Crippen LogP contribution is 2.19. The van der Waals surface area contributed by atoms with E-state index in [-0.39, 0.29) is 11.1 Å². The summed E-state index contributed by atoms with van der Waals surface area (Å²) in [7, 11) is 0. The maximum atomic E-state index is 11.9. The Bertz CT molecular complexity index is 545. The number of aromatic nitrogens is 1. The lowest BCUT2D eigenvalue weighted by molar-refractivity contribution is -0.117. The molecule has 0 fully saturated rings. The van der Waals surface area contributed by atoms with Crippen LogP contribution in [0.4, 0.5) is 5.69 Å². The van der Waals surface area contributed by atoms with Gasteiger partial charge in [0.1, 0.15) is 6.04 Å². The van der Waals surface area contributed by atoms with Gasteiger partial charge in [-0.1, -0.05) is 41.9 Å². The van der Waals surface area contributed by atoms with E-state index < -0.39 is 6.04 Å². The van der Waals surface area contributed by atoms with Crippen molar-refractivity contribution >= 4 is 23.2 Å². The molecule has 0 spiro atoms. The van der Waals surface area contributed by atoms with Crippen molar-refractivity contribution in [3.8, 4) is 0 Å². The molecule has 1 aromatic carbocycles. The molecular weight excluding hydrogens is 250 g/mol. The van der Waals surface area contributed by atoms with E-state index in [0.717, 1.165) is 5.56 Å². The third kappa shape index (κ3) is 2.85. The van der Waals surface area contributed by atoms with E-state index in [0.29, 0.717) is 5.69 Å². The summed E-state index contributed by atoms with van der Waals surface area (Å²) in [6.45, 7) is 0. The summed E-state index contributed by atoms with van der Waals surface area (Å²) in [6.07, 6.45) is 1.55. The standard InChI is InChI=1S/C13H12ClN3O/c14-12-10(7-4-8-16-12)17-13(18)11(15)9-5-2-1-3-6-9/h1-8,11H,15H2,(H,17,18)/t11-/m0/s1. The van der Waals surface area contributed by atoms with Gasteiger partial charge in [-0.05, 0) is 17.7 Å². The number of halogens is 1. The van der Waals surface area contributed by atoms with Crippen LogP contribution in [-0.2, 0) is 4.79 Å². The first-order valence-corrected chi connectivity index (χ1v) is 5.78. The van der Waals surface area contributed by atoms with Gasteiger partial charge in [0.05, 0.1) is 5.69 Å². The molecule has 1 amide bonds. The van der Waals surface area contributed by atoms with Crippen molar-refractivity contribution in [1.82, 2.24) is 4.98 Å². The fourth-order valence-corrected chi connectivity index (χ4v) is 1.67. The molecule has 3 N–H and O–H groups in total. The third-order valence-electron chi connectivity index (χ3n) is 2.46. The zero-order valence-electron chi connectivity index (χ0n) is 9.51. The van der Waals surface area contributed by atoms with E-state index in [4.69, 9.17) is 17.3 Å². The molecule has 0 bridgehead atoms. The predicted octanol–water partition coefficient (Wildman–Crippen LogP) is 2.37. The molecule has 0 saturated heterocycles. The average Bonchev–Trinajstić information content (AvgIpc) is 2.41. The monoisotopic (exact) mass is 261 g/mol. The van der Waals surface area contributed by atoms with Gasteiger partial charge in [0, 0.05) is 6.20 Å². The molecule has 4 nitrogen and oxygen atoms in total. The molecule has 1 atom stereocenters. The number of rotatable bonds is 3. The molecule has 92 valence electrons. The number of hydrogen-bond donors (Lipinski definition) is 2. The number of benzene rings is 1. The molecule has 2 aromatic rings. The molecule has 2 rings (SSSR count). The SMILES string of the molecule is N[C@H](C(=O)Nc1cccnc1Cl)c1ccccc1. The minimum Gasteiger partial charge on any atom is -0.322 e. The van der Waals surface area contributed by atoms with Crippen LogP contribution in [-0.4, -0.2) is 10.9 Å². The molecule has 0 aliphatic carbocycles. The Labute approximate surface area is 110 Å². The number of anilines is 1. The molecule has 0 radical (unpaired) electrons. The average molecular weight is 262 g/mol. The Hall–Kier alpha value is -1.91. The topological polar surface area (TPSA) is 68.0 Å². The van der Waals surface area contributed by atoms with E-state index in [1.807, 2.05) is 18.2 Å². The normalized spacial score (nSPS) is 11.9. The highest BCUT2D eigenvalue weighted by Gasteiger charge is 2.16. The molecule has 1 aromatic heterocycles. The first kappa shape index (κ1) is 12.5. The second kappa shape index (κ2) is 5.62. The van der Waals surface area contributed by atoms with Crippen molar-refractivity contribution in [3.63, 3.8) is 0 Å². The van der Waals surface area contributed by atoms with Gasteiger partial charge in [-0.2, -0.15) is 0 Å². The van der Waals surface area contributed by atoms with Crippen molar-refractivity contribution in [1.29, 1.82) is 0 Å². The zero-order chi connectivity index (χ0) is 13.0. The van der Waals surface area contributed by atoms with Gasteiger partial charge in [0.15, 0.2) is 5.15 Å². The smallest absolute Gasteiger partial charge is 0.245 e. The third-order valence-corrected chi connectivity index (χ3v) is 2.76. The molecule has 18 heavy (non-hydrogen) atoms. The van der Waals surface area contributed by atoms with Crippen molar-refractivity contribution in [2.75, 3.05) is 5.32 Å². The summed E-state index contributed by atoms with van der Waals surface area (Å²) in [4.78, 5) is 15.8. The summed E-state index contributed by atoms with van der Waals surface area (Å²) < 4.78 is 0. The number of carbonyl (C=O) groups excluding carboxylic acids is 1. The van der Waals surface area contributed by atoms with Gasteiger partial charge in [0.25, 0.3) is 0 Å². The summed E-state index contributed by atoms with van der Waals surface area (Å²) in [5, 5.41) is 2.89. The Morgan fingerprint density at radius 2 is 1.94 bits per heavy atom. The first-order chi connectivity index (χ1) is 8.68. The van der Waals surface area contributed by atoms with Crippen LogP contribution in [0.2, 0.25) is 5.15 Å². The van der Waals surface area contributed by atoms with Crippen LogP contribution in [0, 0.1) is 0 Å². The van der Waals surface area contributed by atoms with Crippen molar-refractivity contribution in [2.45, 2.75) is 6.04 Å². The van der Waals surface area contributed by atoms with E-state index in [1.165, 1.54) is 0 Å². The summed E-state index contributed by atoms with van der Waals surface area (Å²) in [5.74, 6) is -0.323. The molecular formula is C13H12ClN3O. The minimum absolute atomic E-state index is 0.242. The maximum absolute atomic E-state index is 11.9. The van der Waals surface area contributed by atoms with Gasteiger partial charge in [-0.15, -0.1) is 0 Å². The molecule has 0 aliphatic rings. The second-order valence-corrected chi connectivity index (χ2v) is 4.08. The number of amides is 1. The minimum atomic E-state index is -0.734. The predicted molar refractivity (Wildman–Crippen MR) is 71.2 cm³/mol. The number of nitrogens with one attached hydrogen (secondary N) is 1. The highest BCUT2D eigenvalue weighted by molar-refractivity contribution is 6.32. The van der Waals surface area contributed by atoms with Gasteiger partial charge in [0.2, 0.25) is 5.91 Å². The quantitative estimate of drug-likeness (QED) is 0.834. The van der Waals surface area contributed by atoms with Crippen LogP contribution >= 0.6 is 11.6 Å². The van der Waals surface area contributed by atoms with Crippen LogP contribution in [0.25, 0.3) is 0 Å². The highest BCUT2D eigenvalue weighted by atomic mass is 35.5. The Morgan fingerprint density at radius 3 is 2.61 bits per heavy atom. The fraction of sp³-hybridized carbons (Fsp3) is 0.0769. The fourth-order valence-electron chi connectivity index (χ4n) is 1.50. The first-order valence-electron chi connectivity index (χ1n) is 5.40. The second-order valence-electron chi connectivity index (χ2n) is 3.72. The van der Waals surface area contributed by atoms with Gasteiger partial charge >= 0.3 is 0 Å². The maximum Gasteiger partial charge on any atom is 0.245 e. The van der Waals surface area contributed by atoms with E-state index in [2.05, 4.69) is 10.3 Å². The Morgan fingerprint density at radius 1 is 1.22 bits per heavy atom. The molecule has 0 aliphatic heterocycles. The molecule has 1 heterocycles. The van der Waals surface area contributed by atoms with Crippen LogP contribution in [0.3, 0.4) is 0 Å². The lowest BCUT2D eigenvalue weighted by Crippen LogP contribution is -2.27. The van der Waals surface area contributed by atoms with Gasteiger partial charge in [-0.3, -0.25) is 4.79 Å². The summed E-state index contributed by atoms with van der Waals surface area (Å²) >= 11 is 5.85. The van der Waals surface area contributed by atoms with Crippen molar-refractivity contribution in [3.05, 3.63) is 59.4 Å². The largest absolute Gasteiger partial charge is 0.322 e. The Balaban J connectivity index is 2.12. The van der Waals surface area contributed by atoms with Crippen LogP contribution in [0.15, 0.2) is 48.7 Å². The van der Waals surface area contributed by atoms with Crippen LogP contribution in [0.5, 0.6) is 0 Å². The molecule has 5 heteroatoms.